The van der Waals surface area contributed by atoms with E-state index in [9.17, 15) is 4.79 Å². The second-order valence-corrected chi connectivity index (χ2v) is 7.61. The van der Waals surface area contributed by atoms with Crippen LogP contribution in [-0.2, 0) is 0 Å². The summed E-state index contributed by atoms with van der Waals surface area (Å²) >= 11 is 5.83. The molecule has 0 saturated carbocycles. The van der Waals surface area contributed by atoms with Gasteiger partial charge in [0.15, 0.2) is 0 Å². The number of carbonyl (C=O) groups is 1. The van der Waals surface area contributed by atoms with Gasteiger partial charge in [0.25, 0.3) is 5.91 Å². The predicted octanol–water partition coefficient (Wildman–Crippen LogP) is 5.18. The molecule has 168 valence electrons. The van der Waals surface area contributed by atoms with E-state index in [4.69, 9.17) is 11.6 Å². The maximum atomic E-state index is 12.6. The number of hydrogen-bond donors (Lipinski definition) is 2. The van der Waals surface area contributed by atoms with Crippen LogP contribution in [0.15, 0.2) is 36.7 Å². The van der Waals surface area contributed by atoms with Gasteiger partial charge in [0, 0.05) is 25.0 Å². The monoisotopic (exact) mass is 495 g/mol. The Kier molecular flexibility index (Phi) is 13.3. The topological polar surface area (TPSA) is 70.2 Å². The molecule has 1 aliphatic rings. The van der Waals surface area contributed by atoms with Gasteiger partial charge < -0.3 is 15.5 Å². The van der Waals surface area contributed by atoms with Crippen molar-refractivity contribution in [2.24, 2.45) is 5.92 Å². The fourth-order valence-electron chi connectivity index (χ4n) is 3.28. The fourth-order valence-corrected chi connectivity index (χ4v) is 3.39. The number of likely N-dealkylation sites (tertiary alicyclic amines) is 1. The molecular weight excluding hydrogens is 468 g/mol. The van der Waals surface area contributed by atoms with E-state index in [0.717, 1.165) is 32.5 Å². The number of rotatable bonds is 6. The number of piperidine rings is 1. The molecule has 1 amide bonds. The van der Waals surface area contributed by atoms with Gasteiger partial charge in [0.2, 0.25) is 0 Å². The number of nitrogens with one attached hydrogen (secondary N) is 2. The quantitative estimate of drug-likeness (QED) is 0.576. The van der Waals surface area contributed by atoms with E-state index >= 15 is 0 Å². The highest BCUT2D eigenvalue weighted by molar-refractivity contribution is 6.30. The van der Waals surface area contributed by atoms with Crippen molar-refractivity contribution in [1.82, 2.24) is 14.9 Å². The molecule has 1 fully saturated rings. The number of halogens is 4. The lowest BCUT2D eigenvalue weighted by molar-refractivity contribution is 0.102. The molecule has 10 heteroatoms. The summed E-state index contributed by atoms with van der Waals surface area (Å²) in [5.74, 6) is 1.42. The normalized spacial score (nSPS) is 14.1. The Balaban J connectivity index is 0.00000280. The summed E-state index contributed by atoms with van der Waals surface area (Å²) in [4.78, 5) is 23.6. The van der Waals surface area contributed by atoms with Gasteiger partial charge in [0.05, 0.1) is 10.6 Å². The highest BCUT2D eigenvalue weighted by atomic mass is 35.5. The van der Waals surface area contributed by atoms with Crippen LogP contribution in [0.1, 0.15) is 37.0 Å². The minimum Gasteiger partial charge on any atom is -0.369 e. The maximum Gasteiger partial charge on any atom is 0.260 e. The molecule has 30 heavy (non-hydrogen) atoms. The van der Waals surface area contributed by atoms with Crippen LogP contribution >= 0.6 is 48.8 Å². The molecule has 2 N–H and O–H groups in total. The smallest absolute Gasteiger partial charge is 0.260 e. The van der Waals surface area contributed by atoms with Gasteiger partial charge in [-0.25, -0.2) is 9.97 Å². The lowest BCUT2D eigenvalue weighted by Gasteiger charge is -2.34. The van der Waals surface area contributed by atoms with E-state index in [1.165, 1.54) is 6.20 Å². The van der Waals surface area contributed by atoms with Crippen LogP contribution in [0.5, 0.6) is 0 Å². The molecule has 0 aromatic carbocycles. The highest BCUT2D eigenvalue weighted by Gasteiger charge is 2.21. The molecule has 3 heterocycles. The summed E-state index contributed by atoms with van der Waals surface area (Å²) in [5, 5.41) is 6.69. The molecule has 1 saturated heterocycles. The number of carbonyl (C=O) groups excluding carboxylic acids is 1. The average Bonchev–Trinajstić information content (AvgIpc) is 2.68. The first-order valence-corrected chi connectivity index (χ1v) is 9.76. The first-order chi connectivity index (χ1) is 13.0. The number of pyridine rings is 2. The molecule has 0 spiro atoms. The van der Waals surface area contributed by atoms with Crippen molar-refractivity contribution in [1.29, 1.82) is 0 Å². The zero-order chi connectivity index (χ0) is 19.2. The number of aromatic nitrogens is 2. The summed E-state index contributed by atoms with van der Waals surface area (Å²) in [5.41, 5.74) is 0.508. The van der Waals surface area contributed by atoms with E-state index in [0.29, 0.717) is 34.2 Å². The van der Waals surface area contributed by atoms with Crippen molar-refractivity contribution >= 4 is 66.4 Å². The molecule has 2 aromatic rings. The number of nitrogens with zero attached hydrogens (tertiary/aromatic N) is 3. The van der Waals surface area contributed by atoms with Crippen LogP contribution < -0.4 is 10.6 Å². The molecule has 0 atom stereocenters. The van der Waals surface area contributed by atoms with Crippen LogP contribution in [0, 0.1) is 5.92 Å². The summed E-state index contributed by atoms with van der Waals surface area (Å²) < 4.78 is 0. The van der Waals surface area contributed by atoms with E-state index < -0.39 is 0 Å². The first kappa shape index (κ1) is 28.7. The summed E-state index contributed by atoms with van der Waals surface area (Å²) in [6.07, 6.45) is 5.52. The van der Waals surface area contributed by atoms with Gasteiger partial charge >= 0.3 is 0 Å². The lowest BCUT2D eigenvalue weighted by Crippen LogP contribution is -2.40. The minimum absolute atomic E-state index is 0. The highest BCUT2D eigenvalue weighted by Crippen LogP contribution is 2.21. The SMILES string of the molecule is CC(C)N1CCC(CNc2ncccc2C(=O)Nc2ccc(Cl)cn2)CC1.Cl.Cl.Cl. The van der Waals surface area contributed by atoms with Gasteiger partial charge in [-0.2, -0.15) is 0 Å². The zero-order valence-electron chi connectivity index (χ0n) is 17.0. The zero-order valence-corrected chi connectivity index (χ0v) is 20.2. The molecule has 6 nitrogen and oxygen atoms in total. The summed E-state index contributed by atoms with van der Waals surface area (Å²) in [6, 6.07) is 7.49. The van der Waals surface area contributed by atoms with Crippen LogP contribution in [0.3, 0.4) is 0 Å². The van der Waals surface area contributed by atoms with E-state index in [1.54, 1.807) is 30.5 Å². The van der Waals surface area contributed by atoms with E-state index in [-0.39, 0.29) is 43.1 Å². The molecule has 2 aromatic heterocycles. The molecule has 3 rings (SSSR count). The van der Waals surface area contributed by atoms with E-state index in [2.05, 4.69) is 39.3 Å². The van der Waals surface area contributed by atoms with Crippen LogP contribution in [0.2, 0.25) is 5.02 Å². The Morgan fingerprint density at radius 2 is 1.87 bits per heavy atom. The molecule has 1 aliphatic heterocycles. The van der Waals surface area contributed by atoms with Crippen molar-refractivity contribution in [3.63, 3.8) is 0 Å². The minimum atomic E-state index is -0.241. The Bertz CT molecular complexity index is 768. The van der Waals surface area contributed by atoms with E-state index in [1.807, 2.05) is 0 Å². The van der Waals surface area contributed by atoms with Crippen LogP contribution in [0.4, 0.5) is 11.6 Å². The first-order valence-electron chi connectivity index (χ1n) is 9.39. The van der Waals surface area contributed by atoms with Crippen molar-refractivity contribution < 1.29 is 4.79 Å². The molecule has 0 aliphatic carbocycles. The van der Waals surface area contributed by atoms with Crippen molar-refractivity contribution in [2.75, 3.05) is 30.3 Å². The van der Waals surface area contributed by atoms with Crippen LogP contribution in [0.25, 0.3) is 0 Å². The standard InChI is InChI=1S/C20H26ClN5O.3ClH/c1-14(2)26-10-7-15(8-11-26)12-24-19-17(4-3-9-22-19)20(27)25-18-6-5-16(21)13-23-18;;;/h3-6,9,13-15H,7-8,10-12H2,1-2H3,(H,22,24)(H,23,25,27);3*1H. The summed E-state index contributed by atoms with van der Waals surface area (Å²) in [7, 11) is 0. The van der Waals surface area contributed by atoms with Crippen molar-refractivity contribution in [2.45, 2.75) is 32.7 Å². The summed E-state index contributed by atoms with van der Waals surface area (Å²) in [6.45, 7) is 7.56. The number of amides is 1. The number of hydrogen-bond acceptors (Lipinski definition) is 5. The van der Waals surface area contributed by atoms with Crippen molar-refractivity contribution in [3.8, 4) is 0 Å². The van der Waals surface area contributed by atoms with Gasteiger partial charge in [-0.3, -0.25) is 4.79 Å². The molecule has 0 bridgehead atoms. The van der Waals surface area contributed by atoms with Crippen LogP contribution in [-0.4, -0.2) is 46.5 Å². The van der Waals surface area contributed by atoms with Crippen molar-refractivity contribution in [3.05, 3.63) is 47.2 Å². The number of anilines is 2. The third-order valence-electron chi connectivity index (χ3n) is 4.96. The second kappa shape index (κ2) is 13.9. The fraction of sp³-hybridized carbons (Fsp3) is 0.450. The molecular formula is C20H29Cl4N5O. The van der Waals surface area contributed by atoms with Gasteiger partial charge in [-0.05, 0) is 70.0 Å². The Morgan fingerprint density at radius 3 is 2.47 bits per heavy atom. The maximum absolute atomic E-state index is 12.6. The lowest BCUT2D eigenvalue weighted by atomic mass is 9.96. The predicted molar refractivity (Wildman–Crippen MR) is 131 cm³/mol. The second-order valence-electron chi connectivity index (χ2n) is 7.17. The Morgan fingerprint density at radius 1 is 1.17 bits per heavy atom. The van der Waals surface area contributed by atoms with Gasteiger partial charge in [0.1, 0.15) is 11.6 Å². The Hall–Kier alpha value is -1.31. The molecule has 0 unspecified atom stereocenters. The third-order valence-corrected chi connectivity index (χ3v) is 5.18. The average molecular weight is 497 g/mol. The largest absolute Gasteiger partial charge is 0.369 e. The van der Waals surface area contributed by atoms with Gasteiger partial charge in [-0.15, -0.1) is 37.2 Å². The van der Waals surface area contributed by atoms with Gasteiger partial charge in [-0.1, -0.05) is 11.6 Å². The Labute approximate surface area is 201 Å². The molecule has 0 radical (unpaired) electrons. The third kappa shape index (κ3) is 8.08.